The first-order valence-corrected chi connectivity index (χ1v) is 13.6. The zero-order valence-corrected chi connectivity index (χ0v) is 23.2. The second kappa shape index (κ2) is 11.0. The van der Waals surface area contributed by atoms with E-state index in [2.05, 4.69) is 13.8 Å². The van der Waals surface area contributed by atoms with Crippen LogP contribution in [0.25, 0.3) is 11.0 Å². The molecule has 0 radical (unpaired) electrons. The lowest BCUT2D eigenvalue weighted by atomic mass is 9.96. The third-order valence-corrected chi connectivity index (χ3v) is 7.13. The van der Waals surface area contributed by atoms with Crippen LogP contribution >= 0.6 is 0 Å². The molecule has 0 aliphatic carbocycles. The van der Waals surface area contributed by atoms with Crippen molar-refractivity contribution in [3.8, 4) is 11.5 Å². The van der Waals surface area contributed by atoms with Crippen molar-refractivity contribution in [1.82, 2.24) is 4.90 Å². The first-order valence-electron chi connectivity index (χ1n) is 13.6. The molecule has 5 rings (SSSR count). The molecule has 2 heterocycles. The molecule has 0 saturated carbocycles. The Balaban J connectivity index is 1.66. The number of hydrogen-bond acceptors (Lipinski definition) is 5. The molecule has 0 fully saturated rings. The van der Waals surface area contributed by atoms with E-state index in [0.717, 1.165) is 28.7 Å². The summed E-state index contributed by atoms with van der Waals surface area (Å²) in [6.07, 6.45) is 0.926. The van der Waals surface area contributed by atoms with Crippen LogP contribution in [0.5, 0.6) is 11.5 Å². The van der Waals surface area contributed by atoms with Crippen LogP contribution in [0.2, 0.25) is 0 Å². The maximum Gasteiger partial charge on any atom is 0.291 e. The number of carbonyl (C=O) groups is 1. The van der Waals surface area contributed by atoms with Gasteiger partial charge in [0.15, 0.2) is 16.9 Å². The monoisotopic (exact) mass is 525 g/mol. The third kappa shape index (κ3) is 5.16. The summed E-state index contributed by atoms with van der Waals surface area (Å²) >= 11 is 0. The summed E-state index contributed by atoms with van der Waals surface area (Å²) in [6.45, 7) is 11.5. The summed E-state index contributed by atoms with van der Waals surface area (Å²) < 4.78 is 18.3. The van der Waals surface area contributed by atoms with E-state index in [0.29, 0.717) is 53.7 Å². The third-order valence-electron chi connectivity index (χ3n) is 7.13. The second-order valence-corrected chi connectivity index (χ2v) is 10.6. The van der Waals surface area contributed by atoms with Crippen molar-refractivity contribution in [3.63, 3.8) is 0 Å². The largest absolute Gasteiger partial charge is 0.490 e. The molecule has 6 heteroatoms. The van der Waals surface area contributed by atoms with Gasteiger partial charge in [0.05, 0.1) is 30.2 Å². The normalized spacial score (nSPS) is 14.8. The number of carbonyl (C=O) groups excluding carboxylic acids is 1. The van der Waals surface area contributed by atoms with Crippen molar-refractivity contribution in [1.29, 1.82) is 0 Å². The highest BCUT2D eigenvalue weighted by atomic mass is 16.5. The number of ether oxygens (including phenoxy) is 2. The maximum atomic E-state index is 14.0. The van der Waals surface area contributed by atoms with Gasteiger partial charge in [0.25, 0.3) is 5.91 Å². The molecular weight excluding hydrogens is 490 g/mol. The molecule has 1 unspecified atom stereocenters. The first-order chi connectivity index (χ1) is 18.8. The number of fused-ring (bicyclic) bond motifs is 2. The van der Waals surface area contributed by atoms with Crippen molar-refractivity contribution in [2.75, 3.05) is 13.2 Å². The molecule has 1 amide bonds. The Morgan fingerprint density at radius 3 is 2.44 bits per heavy atom. The summed E-state index contributed by atoms with van der Waals surface area (Å²) in [7, 11) is 0. The topological polar surface area (TPSA) is 69.0 Å². The van der Waals surface area contributed by atoms with E-state index >= 15 is 0 Å². The molecule has 202 valence electrons. The van der Waals surface area contributed by atoms with E-state index in [1.807, 2.05) is 81.4 Å². The smallest absolute Gasteiger partial charge is 0.291 e. The predicted octanol–water partition coefficient (Wildman–Crippen LogP) is 6.98. The zero-order chi connectivity index (χ0) is 27.7. The minimum atomic E-state index is -0.627. The van der Waals surface area contributed by atoms with E-state index in [4.69, 9.17) is 13.9 Å². The van der Waals surface area contributed by atoms with Crippen molar-refractivity contribution in [2.45, 2.75) is 53.6 Å². The van der Waals surface area contributed by atoms with E-state index in [1.54, 1.807) is 4.90 Å². The van der Waals surface area contributed by atoms with E-state index in [-0.39, 0.29) is 17.1 Å². The van der Waals surface area contributed by atoms with Crippen molar-refractivity contribution < 1.29 is 18.7 Å². The van der Waals surface area contributed by atoms with Gasteiger partial charge in [-0.1, -0.05) is 56.3 Å². The van der Waals surface area contributed by atoms with Gasteiger partial charge in [-0.2, -0.15) is 0 Å². The number of nitrogens with zero attached hydrogens (tertiary/aromatic N) is 1. The summed E-state index contributed by atoms with van der Waals surface area (Å²) in [6, 6.07) is 18.6. The van der Waals surface area contributed by atoms with Gasteiger partial charge in [0.2, 0.25) is 5.76 Å². The van der Waals surface area contributed by atoms with Gasteiger partial charge >= 0.3 is 0 Å². The highest BCUT2D eigenvalue weighted by Gasteiger charge is 2.43. The molecule has 4 aromatic rings. The Labute approximate surface area is 229 Å². The molecule has 0 N–H and O–H groups in total. The van der Waals surface area contributed by atoms with Crippen LogP contribution in [-0.4, -0.2) is 24.0 Å². The van der Waals surface area contributed by atoms with Crippen LogP contribution in [0.15, 0.2) is 69.9 Å². The van der Waals surface area contributed by atoms with E-state index in [9.17, 15) is 9.59 Å². The SMILES string of the molecule is CCOc1cc(C2c3c(oc4c(C)cc(C)cc4c3=O)C(=O)N2Cc2ccccc2)ccc1OCCC(C)C. The van der Waals surface area contributed by atoms with Crippen LogP contribution < -0.4 is 14.9 Å². The average Bonchev–Trinajstić information content (AvgIpc) is 3.17. The molecule has 1 aliphatic rings. The Kier molecular flexibility index (Phi) is 7.47. The van der Waals surface area contributed by atoms with Crippen LogP contribution in [0.1, 0.15) is 71.6 Å². The fourth-order valence-corrected chi connectivity index (χ4v) is 5.25. The van der Waals surface area contributed by atoms with Gasteiger partial charge in [0.1, 0.15) is 5.58 Å². The maximum absolute atomic E-state index is 14.0. The summed E-state index contributed by atoms with van der Waals surface area (Å²) in [5, 5.41) is 0.490. The van der Waals surface area contributed by atoms with Gasteiger partial charge < -0.3 is 18.8 Å². The van der Waals surface area contributed by atoms with Gasteiger partial charge in [-0.25, -0.2) is 0 Å². The fourth-order valence-electron chi connectivity index (χ4n) is 5.25. The summed E-state index contributed by atoms with van der Waals surface area (Å²) in [5.41, 5.74) is 4.18. The fraction of sp³-hybridized carbons (Fsp3) is 0.333. The van der Waals surface area contributed by atoms with Gasteiger partial charge in [0, 0.05) is 6.54 Å². The zero-order valence-electron chi connectivity index (χ0n) is 23.2. The minimum Gasteiger partial charge on any atom is -0.490 e. The van der Waals surface area contributed by atoms with Crippen LogP contribution in [-0.2, 0) is 6.54 Å². The number of amides is 1. The molecule has 0 spiro atoms. The highest BCUT2D eigenvalue weighted by molar-refractivity contribution is 5.99. The van der Waals surface area contributed by atoms with Crippen molar-refractivity contribution in [3.05, 3.63) is 104 Å². The van der Waals surface area contributed by atoms with Gasteiger partial charge in [-0.3, -0.25) is 9.59 Å². The molecule has 39 heavy (non-hydrogen) atoms. The Morgan fingerprint density at radius 1 is 0.949 bits per heavy atom. The first kappa shape index (κ1) is 26.5. The van der Waals surface area contributed by atoms with E-state index in [1.165, 1.54) is 0 Å². The molecule has 0 bridgehead atoms. The number of aryl methyl sites for hydroxylation is 2. The summed E-state index contributed by atoms with van der Waals surface area (Å²) in [4.78, 5) is 29.6. The Hall–Kier alpha value is -4.06. The molecule has 1 atom stereocenters. The number of hydrogen-bond donors (Lipinski definition) is 0. The Morgan fingerprint density at radius 2 is 1.72 bits per heavy atom. The average molecular weight is 526 g/mol. The lowest BCUT2D eigenvalue weighted by molar-refractivity contribution is 0.0714. The molecule has 1 aliphatic heterocycles. The second-order valence-electron chi connectivity index (χ2n) is 10.6. The predicted molar refractivity (Wildman–Crippen MR) is 153 cm³/mol. The molecule has 3 aromatic carbocycles. The standard InChI is InChI=1S/C33H35NO5/c1-6-37-27-18-24(12-13-26(27)38-15-14-20(2)3)29-28-30(35)25-17-21(4)16-22(5)31(25)39-32(28)33(36)34(29)19-23-10-8-7-9-11-23/h7-13,16-18,20,29H,6,14-15,19H2,1-5H3. The molecule has 1 aromatic heterocycles. The molecular formula is C33H35NO5. The number of benzene rings is 3. The van der Waals surface area contributed by atoms with Crippen molar-refractivity contribution in [2.24, 2.45) is 5.92 Å². The quantitative estimate of drug-likeness (QED) is 0.236. The highest BCUT2D eigenvalue weighted by Crippen LogP contribution is 2.42. The van der Waals surface area contributed by atoms with Gasteiger partial charge in [-0.05, 0) is 73.6 Å². The molecule has 6 nitrogen and oxygen atoms in total. The minimum absolute atomic E-state index is 0.107. The van der Waals surface area contributed by atoms with Gasteiger partial charge in [-0.15, -0.1) is 0 Å². The van der Waals surface area contributed by atoms with Crippen molar-refractivity contribution >= 4 is 16.9 Å². The van der Waals surface area contributed by atoms with Crippen LogP contribution in [0, 0.1) is 19.8 Å². The Bertz CT molecular complexity index is 1570. The molecule has 0 saturated heterocycles. The number of rotatable bonds is 9. The lowest BCUT2D eigenvalue weighted by Crippen LogP contribution is -2.29. The lowest BCUT2D eigenvalue weighted by Gasteiger charge is -2.26. The van der Waals surface area contributed by atoms with Crippen LogP contribution in [0.4, 0.5) is 0 Å². The van der Waals surface area contributed by atoms with E-state index < -0.39 is 6.04 Å². The van der Waals surface area contributed by atoms with Crippen LogP contribution in [0.3, 0.4) is 0 Å². The summed E-state index contributed by atoms with van der Waals surface area (Å²) in [5.74, 6) is 1.57.